The molecule has 6 nitrogen and oxygen atoms in total. The molecule has 0 atom stereocenters. The van der Waals surface area contributed by atoms with E-state index in [0.29, 0.717) is 10.8 Å². The van der Waals surface area contributed by atoms with Crippen molar-refractivity contribution in [3.8, 4) is 0 Å². The van der Waals surface area contributed by atoms with Crippen molar-refractivity contribution >= 4 is 18.1 Å². The van der Waals surface area contributed by atoms with Crippen molar-refractivity contribution < 1.29 is 23.9 Å². The molecule has 0 aromatic heterocycles. The van der Waals surface area contributed by atoms with Gasteiger partial charge in [-0.1, -0.05) is 12.1 Å². The van der Waals surface area contributed by atoms with Gasteiger partial charge in [0.15, 0.2) is 0 Å². The maximum absolute atomic E-state index is 12.8. The Hall–Kier alpha value is -2.37. The van der Waals surface area contributed by atoms with Crippen LogP contribution in [0.2, 0.25) is 0 Å². The van der Waals surface area contributed by atoms with E-state index in [2.05, 4.69) is 0 Å². The average molecular weight is 361 g/mol. The first-order valence-corrected chi connectivity index (χ1v) is 8.78. The topological polar surface area (TPSA) is 72.9 Å². The summed E-state index contributed by atoms with van der Waals surface area (Å²) in [6, 6.07) is 6.95. The molecule has 1 aliphatic rings. The Morgan fingerprint density at radius 2 is 1.27 bits per heavy atom. The molecule has 26 heavy (non-hydrogen) atoms. The number of rotatable bonds is 2. The van der Waals surface area contributed by atoms with Crippen LogP contribution in [0.25, 0.3) is 0 Å². The van der Waals surface area contributed by atoms with Gasteiger partial charge in [0.25, 0.3) is 5.91 Å². The highest BCUT2D eigenvalue weighted by Gasteiger charge is 2.37. The summed E-state index contributed by atoms with van der Waals surface area (Å²) in [7, 11) is 0. The van der Waals surface area contributed by atoms with Gasteiger partial charge in [-0.2, -0.15) is 0 Å². The van der Waals surface area contributed by atoms with Gasteiger partial charge < -0.3 is 9.47 Å². The number of carbonyl (C=O) groups is 3. The predicted molar refractivity (Wildman–Crippen MR) is 97.1 cm³/mol. The SMILES string of the molecule is CC(C)(C)OC(=O)N(C(=O)OC(C)(C)C)C(=O)c1ccc(C2CC2)cc1. The van der Waals surface area contributed by atoms with Gasteiger partial charge in [-0.3, -0.25) is 4.79 Å². The number of amides is 3. The van der Waals surface area contributed by atoms with Crippen LogP contribution < -0.4 is 0 Å². The van der Waals surface area contributed by atoms with Gasteiger partial charge >= 0.3 is 12.2 Å². The third-order valence-corrected chi connectivity index (χ3v) is 3.56. The predicted octanol–water partition coefficient (Wildman–Crippen LogP) is 4.88. The molecular formula is C20H27NO5. The molecule has 0 radical (unpaired) electrons. The van der Waals surface area contributed by atoms with E-state index in [0.717, 1.165) is 18.4 Å². The van der Waals surface area contributed by atoms with Crippen LogP contribution in [-0.2, 0) is 9.47 Å². The lowest BCUT2D eigenvalue weighted by Gasteiger charge is -2.27. The van der Waals surface area contributed by atoms with Crippen molar-refractivity contribution in [2.45, 2.75) is 71.5 Å². The summed E-state index contributed by atoms with van der Waals surface area (Å²) in [5.41, 5.74) is -0.324. The fourth-order valence-corrected chi connectivity index (χ4v) is 2.30. The molecule has 0 bridgehead atoms. The molecule has 1 fully saturated rings. The largest absolute Gasteiger partial charge is 0.443 e. The summed E-state index contributed by atoms with van der Waals surface area (Å²) in [5, 5.41) is 0. The number of hydrogen-bond acceptors (Lipinski definition) is 5. The second-order valence-electron chi connectivity index (χ2n) is 8.50. The van der Waals surface area contributed by atoms with Crippen LogP contribution in [0.5, 0.6) is 0 Å². The number of imide groups is 3. The molecule has 1 aliphatic carbocycles. The normalized spacial score (nSPS) is 14.5. The fraction of sp³-hybridized carbons (Fsp3) is 0.550. The lowest BCUT2D eigenvalue weighted by molar-refractivity contribution is 0.00398. The number of carbonyl (C=O) groups excluding carboxylic acids is 3. The van der Waals surface area contributed by atoms with Crippen LogP contribution in [0.1, 0.15) is 76.2 Å². The Kier molecular flexibility index (Phi) is 5.44. The summed E-state index contributed by atoms with van der Waals surface area (Å²) in [4.78, 5) is 38.2. The molecule has 6 heteroatoms. The molecular weight excluding hydrogens is 334 g/mol. The summed E-state index contributed by atoms with van der Waals surface area (Å²) in [6.45, 7) is 9.96. The van der Waals surface area contributed by atoms with Crippen LogP contribution in [0.3, 0.4) is 0 Å². The first-order chi connectivity index (χ1) is 11.9. The minimum Gasteiger partial charge on any atom is -0.443 e. The molecule has 142 valence electrons. The molecule has 2 rings (SSSR count). The number of nitrogens with zero attached hydrogens (tertiary/aromatic N) is 1. The smallest absolute Gasteiger partial charge is 0.427 e. The van der Waals surface area contributed by atoms with E-state index >= 15 is 0 Å². The molecule has 0 heterocycles. The van der Waals surface area contributed by atoms with E-state index in [9.17, 15) is 14.4 Å². The van der Waals surface area contributed by atoms with Gasteiger partial charge in [0.2, 0.25) is 0 Å². The van der Waals surface area contributed by atoms with Crippen LogP contribution in [-0.4, -0.2) is 34.2 Å². The quantitative estimate of drug-likeness (QED) is 0.751. The zero-order valence-electron chi connectivity index (χ0n) is 16.3. The van der Waals surface area contributed by atoms with Crippen LogP contribution in [0.15, 0.2) is 24.3 Å². The van der Waals surface area contributed by atoms with Crippen LogP contribution >= 0.6 is 0 Å². The number of ether oxygens (including phenoxy) is 2. The molecule has 1 aromatic rings. The van der Waals surface area contributed by atoms with Gasteiger partial charge in [-0.05, 0) is 78.0 Å². The molecule has 3 amide bonds. The fourth-order valence-electron chi connectivity index (χ4n) is 2.30. The van der Waals surface area contributed by atoms with Gasteiger partial charge in [-0.15, -0.1) is 4.90 Å². The summed E-state index contributed by atoms with van der Waals surface area (Å²) < 4.78 is 10.4. The summed E-state index contributed by atoms with van der Waals surface area (Å²) in [5.74, 6) is -0.220. The Labute approximate surface area is 154 Å². The van der Waals surface area contributed by atoms with E-state index in [4.69, 9.17) is 9.47 Å². The van der Waals surface area contributed by atoms with Crippen molar-refractivity contribution in [1.82, 2.24) is 4.90 Å². The van der Waals surface area contributed by atoms with E-state index in [-0.39, 0.29) is 5.56 Å². The van der Waals surface area contributed by atoms with Crippen molar-refractivity contribution in [3.05, 3.63) is 35.4 Å². The van der Waals surface area contributed by atoms with E-state index in [1.807, 2.05) is 12.1 Å². The first kappa shape index (κ1) is 19.9. The lowest BCUT2D eigenvalue weighted by atomic mass is 10.1. The van der Waals surface area contributed by atoms with Gasteiger partial charge in [-0.25, -0.2) is 9.59 Å². The molecule has 0 aliphatic heterocycles. The second-order valence-corrected chi connectivity index (χ2v) is 8.50. The third kappa shape index (κ3) is 5.58. The Morgan fingerprint density at radius 3 is 1.62 bits per heavy atom. The van der Waals surface area contributed by atoms with Gasteiger partial charge in [0.05, 0.1) is 0 Å². The first-order valence-electron chi connectivity index (χ1n) is 8.78. The van der Waals surface area contributed by atoms with Crippen molar-refractivity contribution in [1.29, 1.82) is 0 Å². The second kappa shape index (κ2) is 7.09. The summed E-state index contributed by atoms with van der Waals surface area (Å²) >= 11 is 0. The van der Waals surface area contributed by atoms with E-state index in [1.54, 1.807) is 53.7 Å². The lowest BCUT2D eigenvalue weighted by Crippen LogP contribution is -2.46. The molecule has 0 N–H and O–H groups in total. The van der Waals surface area contributed by atoms with Crippen molar-refractivity contribution in [2.75, 3.05) is 0 Å². The van der Waals surface area contributed by atoms with Crippen molar-refractivity contribution in [3.63, 3.8) is 0 Å². The highest BCUT2D eigenvalue weighted by molar-refractivity contribution is 6.13. The molecule has 0 unspecified atom stereocenters. The highest BCUT2D eigenvalue weighted by atomic mass is 16.6. The molecule has 0 spiro atoms. The van der Waals surface area contributed by atoms with Gasteiger partial charge in [0, 0.05) is 5.56 Å². The minimum atomic E-state index is -1.05. The molecule has 1 saturated carbocycles. The third-order valence-electron chi connectivity index (χ3n) is 3.56. The number of benzene rings is 1. The highest BCUT2D eigenvalue weighted by Crippen LogP contribution is 2.39. The van der Waals surface area contributed by atoms with Crippen molar-refractivity contribution in [2.24, 2.45) is 0 Å². The minimum absolute atomic E-state index is 0.228. The standard InChI is InChI=1S/C20H27NO5/c1-19(2,3)25-17(23)21(18(24)26-20(4,5)6)16(22)15-11-9-14(10-12-15)13-7-8-13/h9-13H,7-8H2,1-6H3. The zero-order chi connectivity index (χ0) is 19.7. The average Bonchev–Trinajstić information content (AvgIpc) is 3.28. The zero-order valence-corrected chi connectivity index (χ0v) is 16.3. The Morgan fingerprint density at radius 1 is 0.846 bits per heavy atom. The molecule has 1 aromatic carbocycles. The Bertz CT molecular complexity index is 662. The number of hydrogen-bond donors (Lipinski definition) is 0. The maximum Gasteiger partial charge on any atom is 0.427 e. The monoisotopic (exact) mass is 361 g/mol. The summed E-state index contributed by atoms with van der Waals surface area (Å²) in [6.07, 6.45) is 0.191. The molecule has 0 saturated heterocycles. The van der Waals surface area contributed by atoms with Crippen LogP contribution in [0.4, 0.5) is 9.59 Å². The van der Waals surface area contributed by atoms with Gasteiger partial charge in [0.1, 0.15) is 11.2 Å². The van der Waals surface area contributed by atoms with E-state index in [1.165, 1.54) is 0 Å². The Balaban J connectivity index is 2.26. The maximum atomic E-state index is 12.8. The van der Waals surface area contributed by atoms with E-state index < -0.39 is 29.3 Å². The van der Waals surface area contributed by atoms with Crippen LogP contribution in [0, 0.1) is 0 Å².